The number of nitrogens with zero attached hydrogens (tertiary/aromatic N) is 2. The van der Waals surface area contributed by atoms with Crippen LogP contribution >= 0.6 is 0 Å². The van der Waals surface area contributed by atoms with Gasteiger partial charge in [0, 0.05) is 13.6 Å². The molecular weight excluding hydrogens is 512 g/mol. The number of rotatable bonds is 9. The molecule has 0 spiro atoms. The van der Waals surface area contributed by atoms with Crippen LogP contribution in [0.5, 0.6) is 0 Å². The van der Waals surface area contributed by atoms with Gasteiger partial charge in [-0.25, -0.2) is 4.79 Å². The van der Waals surface area contributed by atoms with Gasteiger partial charge in [-0.3, -0.25) is 19.2 Å². The number of fused-ring (bicyclic) bond motifs is 1. The molecule has 3 unspecified atom stereocenters. The lowest BCUT2D eigenvalue weighted by Gasteiger charge is -2.39. The van der Waals surface area contributed by atoms with Crippen molar-refractivity contribution in [3.8, 4) is 0 Å². The minimum Gasteiger partial charge on any atom is -0.444 e. The maximum atomic E-state index is 14.2. The number of alkyl carbamates (subject to hydrolysis) is 1. The summed E-state index contributed by atoms with van der Waals surface area (Å²) in [5.41, 5.74) is 4.54. The monoisotopic (exact) mass is 560 g/mol. The Hall–Kier alpha value is -2.65. The highest BCUT2D eigenvalue weighted by atomic mass is 16.6. The van der Waals surface area contributed by atoms with E-state index in [0.29, 0.717) is 13.0 Å². The standard InChI is InChI=1S/C30H48N4O6/c1-29(2,3)40-28(39)32-22(18-13-8-7-9-14-18)26(37)34-16-19-21(30(19,4)5)23(34)27(38)33(6)20(24(35)25(31)36)15-17-11-10-12-17/h17-23H,7-16H2,1-6H3,(H2,31,36)(H,32,39)/t19?,20?,21?,22-,23-/m0/s1. The summed E-state index contributed by atoms with van der Waals surface area (Å²) in [6.07, 6.45) is 7.40. The first-order valence-corrected chi connectivity index (χ1v) is 15.0. The Morgan fingerprint density at radius 1 is 1.02 bits per heavy atom. The Balaban J connectivity index is 1.59. The van der Waals surface area contributed by atoms with Gasteiger partial charge in [0.2, 0.25) is 17.6 Å². The second kappa shape index (κ2) is 11.3. The number of likely N-dealkylation sites (N-methyl/N-ethyl adjacent to an activating group) is 1. The van der Waals surface area contributed by atoms with Crippen molar-refractivity contribution in [2.75, 3.05) is 13.6 Å². The van der Waals surface area contributed by atoms with Crippen LogP contribution in [-0.4, -0.2) is 76.7 Å². The van der Waals surface area contributed by atoms with Crippen molar-refractivity contribution in [2.45, 2.75) is 116 Å². The molecule has 3 aliphatic carbocycles. The summed E-state index contributed by atoms with van der Waals surface area (Å²) in [6.45, 7) is 9.94. The molecule has 4 amide bonds. The van der Waals surface area contributed by atoms with Crippen LogP contribution in [0, 0.1) is 29.1 Å². The van der Waals surface area contributed by atoms with Crippen LogP contribution in [0.1, 0.15) is 92.4 Å². The SMILES string of the molecule is CN(C(=O)[C@@H]1C2C(CN1C(=O)[C@@H](NC(=O)OC(C)(C)C)C1CCCCC1)C2(C)C)C(CC1CCC1)C(=O)C(N)=O. The van der Waals surface area contributed by atoms with E-state index in [4.69, 9.17) is 10.5 Å². The number of hydrogen-bond acceptors (Lipinski definition) is 6. The highest BCUT2D eigenvalue weighted by molar-refractivity contribution is 6.37. The van der Waals surface area contributed by atoms with Crippen molar-refractivity contribution in [1.29, 1.82) is 0 Å². The molecule has 4 rings (SSSR count). The summed E-state index contributed by atoms with van der Waals surface area (Å²) >= 11 is 0. The fraction of sp³-hybridized carbons (Fsp3) is 0.833. The molecule has 5 atom stereocenters. The molecule has 1 aliphatic heterocycles. The zero-order valence-corrected chi connectivity index (χ0v) is 25.0. The summed E-state index contributed by atoms with van der Waals surface area (Å²) in [6, 6.07) is -2.51. The predicted octanol–water partition coefficient (Wildman–Crippen LogP) is 3.01. The fourth-order valence-corrected chi connectivity index (χ4v) is 7.27. The van der Waals surface area contributed by atoms with Crippen LogP contribution in [0.4, 0.5) is 4.79 Å². The number of hydrogen-bond donors (Lipinski definition) is 2. The van der Waals surface area contributed by atoms with Crippen LogP contribution < -0.4 is 11.1 Å². The van der Waals surface area contributed by atoms with Crippen molar-refractivity contribution in [3.05, 3.63) is 0 Å². The third kappa shape index (κ3) is 6.15. The quantitative estimate of drug-likeness (QED) is 0.416. The summed E-state index contributed by atoms with van der Waals surface area (Å²) in [4.78, 5) is 69.0. The summed E-state index contributed by atoms with van der Waals surface area (Å²) in [7, 11) is 1.55. The summed E-state index contributed by atoms with van der Waals surface area (Å²) < 4.78 is 5.50. The number of primary amides is 1. The average Bonchev–Trinajstić information content (AvgIpc) is 3.17. The van der Waals surface area contributed by atoms with Gasteiger partial charge in [0.1, 0.15) is 23.7 Å². The van der Waals surface area contributed by atoms with Gasteiger partial charge in [0.15, 0.2) is 0 Å². The molecule has 4 aliphatic rings. The molecule has 4 fully saturated rings. The van der Waals surface area contributed by atoms with E-state index in [1.54, 1.807) is 32.7 Å². The molecule has 1 heterocycles. The van der Waals surface area contributed by atoms with Crippen LogP contribution in [0.3, 0.4) is 0 Å². The highest BCUT2D eigenvalue weighted by Gasteiger charge is 2.70. The van der Waals surface area contributed by atoms with Gasteiger partial charge in [-0.1, -0.05) is 52.4 Å². The van der Waals surface area contributed by atoms with Crippen LogP contribution in [0.2, 0.25) is 0 Å². The minimum absolute atomic E-state index is 0.0463. The van der Waals surface area contributed by atoms with E-state index >= 15 is 0 Å². The molecule has 3 saturated carbocycles. The zero-order valence-electron chi connectivity index (χ0n) is 25.0. The van der Waals surface area contributed by atoms with Gasteiger partial charge in [-0.2, -0.15) is 0 Å². The fourth-order valence-electron chi connectivity index (χ4n) is 7.27. The minimum atomic E-state index is -1.05. The number of carbonyl (C=O) groups excluding carboxylic acids is 5. The average molecular weight is 561 g/mol. The van der Waals surface area contributed by atoms with Crippen LogP contribution in [-0.2, 0) is 23.9 Å². The third-order valence-corrected chi connectivity index (χ3v) is 9.95. The highest BCUT2D eigenvalue weighted by Crippen LogP contribution is 2.65. The number of ether oxygens (including phenoxy) is 1. The van der Waals surface area contributed by atoms with Crippen LogP contribution in [0.15, 0.2) is 0 Å². The lowest BCUT2D eigenvalue weighted by Crippen LogP contribution is -2.60. The van der Waals surface area contributed by atoms with E-state index < -0.39 is 41.5 Å². The lowest BCUT2D eigenvalue weighted by atomic mass is 9.79. The summed E-state index contributed by atoms with van der Waals surface area (Å²) in [5.74, 6) is -2.13. The van der Waals surface area contributed by atoms with Crippen molar-refractivity contribution < 1.29 is 28.7 Å². The Morgan fingerprint density at radius 3 is 2.17 bits per heavy atom. The number of piperidine rings is 1. The van der Waals surface area contributed by atoms with Crippen molar-refractivity contribution in [3.63, 3.8) is 0 Å². The number of ketones is 1. The Kier molecular flexibility index (Phi) is 8.58. The van der Waals surface area contributed by atoms with Gasteiger partial charge in [0.05, 0.1) is 0 Å². The molecule has 10 heteroatoms. The molecule has 0 radical (unpaired) electrons. The predicted molar refractivity (Wildman–Crippen MR) is 149 cm³/mol. The lowest BCUT2D eigenvalue weighted by molar-refractivity contribution is -0.151. The second-order valence-electron chi connectivity index (χ2n) is 14.1. The van der Waals surface area contributed by atoms with Gasteiger partial charge in [-0.05, 0) is 69.1 Å². The van der Waals surface area contributed by atoms with Crippen molar-refractivity contribution in [2.24, 2.45) is 34.8 Å². The van der Waals surface area contributed by atoms with Gasteiger partial charge in [0.25, 0.3) is 5.91 Å². The third-order valence-electron chi connectivity index (χ3n) is 9.95. The first kappa shape index (κ1) is 30.3. The molecule has 3 N–H and O–H groups in total. The Labute approximate surface area is 238 Å². The van der Waals surface area contributed by atoms with Crippen LogP contribution in [0.25, 0.3) is 0 Å². The normalized spacial score (nSPS) is 27.6. The van der Waals surface area contributed by atoms with E-state index in [1.807, 2.05) is 0 Å². The molecule has 224 valence electrons. The Morgan fingerprint density at radius 2 is 1.65 bits per heavy atom. The van der Waals surface area contributed by atoms with Gasteiger partial charge in [-0.15, -0.1) is 0 Å². The topological polar surface area (TPSA) is 139 Å². The maximum absolute atomic E-state index is 14.2. The molecule has 0 aromatic carbocycles. The van der Waals surface area contributed by atoms with E-state index in [-0.39, 0.29) is 40.9 Å². The van der Waals surface area contributed by atoms with E-state index in [2.05, 4.69) is 19.2 Å². The molecule has 10 nitrogen and oxygen atoms in total. The number of nitrogens with one attached hydrogen (secondary N) is 1. The number of Topliss-reactive ketones (excluding diaryl/α,β-unsaturated/α-hetero) is 1. The number of carbonyl (C=O) groups is 5. The zero-order chi connectivity index (χ0) is 29.6. The van der Waals surface area contributed by atoms with E-state index in [9.17, 15) is 24.0 Å². The first-order valence-electron chi connectivity index (χ1n) is 15.0. The molecule has 40 heavy (non-hydrogen) atoms. The molecule has 0 bridgehead atoms. The van der Waals surface area contributed by atoms with Gasteiger partial charge >= 0.3 is 6.09 Å². The number of likely N-dealkylation sites (tertiary alicyclic amines) is 1. The van der Waals surface area contributed by atoms with Crippen molar-refractivity contribution in [1.82, 2.24) is 15.1 Å². The molecule has 0 aromatic rings. The Bertz CT molecular complexity index is 1030. The molecule has 1 saturated heterocycles. The second-order valence-corrected chi connectivity index (χ2v) is 14.1. The number of nitrogens with two attached hydrogens (primary N) is 1. The first-order chi connectivity index (χ1) is 18.6. The largest absolute Gasteiger partial charge is 0.444 e. The van der Waals surface area contributed by atoms with E-state index in [1.165, 1.54) is 4.90 Å². The van der Waals surface area contributed by atoms with Gasteiger partial charge < -0.3 is 25.6 Å². The summed E-state index contributed by atoms with van der Waals surface area (Å²) in [5, 5.41) is 2.86. The maximum Gasteiger partial charge on any atom is 0.408 e. The number of amides is 4. The molecule has 0 aromatic heterocycles. The smallest absolute Gasteiger partial charge is 0.408 e. The van der Waals surface area contributed by atoms with E-state index in [0.717, 1.165) is 51.4 Å². The molecular formula is C30H48N4O6. The van der Waals surface area contributed by atoms with Crippen molar-refractivity contribution >= 4 is 29.6 Å².